The van der Waals surface area contributed by atoms with Crippen molar-refractivity contribution in [1.29, 1.82) is 0 Å². The molecule has 0 radical (unpaired) electrons. The van der Waals surface area contributed by atoms with Crippen LogP contribution in [-0.4, -0.2) is 15.2 Å². The first kappa shape index (κ1) is 11.0. The molecular formula is C8H5Cl2N3O3. The normalized spacial score (nSPS) is 10.7. The molecule has 0 saturated carbocycles. The van der Waals surface area contributed by atoms with Crippen molar-refractivity contribution in [3.05, 3.63) is 36.8 Å². The number of fused-ring (bicyclic) bond motifs is 1. The summed E-state index contributed by atoms with van der Waals surface area (Å²) in [6.07, 6.45) is 0. The Morgan fingerprint density at radius 1 is 1.19 bits per heavy atom. The second-order valence-electron chi connectivity index (χ2n) is 2.99. The molecule has 0 aliphatic carbocycles. The van der Waals surface area contributed by atoms with Gasteiger partial charge in [-0.15, -0.1) is 0 Å². The van der Waals surface area contributed by atoms with Crippen molar-refractivity contribution in [2.45, 2.75) is 0 Å². The molecule has 0 spiro atoms. The lowest BCUT2D eigenvalue weighted by atomic mass is 10.2. The van der Waals surface area contributed by atoms with Gasteiger partial charge in [-0.3, -0.25) is 20.3 Å². The summed E-state index contributed by atoms with van der Waals surface area (Å²) in [4.78, 5) is 26.8. The van der Waals surface area contributed by atoms with E-state index >= 15 is 0 Å². The van der Waals surface area contributed by atoms with Crippen LogP contribution in [-0.2, 0) is 0 Å². The van der Waals surface area contributed by atoms with Gasteiger partial charge in [-0.05, 0) is 6.07 Å². The van der Waals surface area contributed by atoms with Crippen molar-refractivity contribution in [2.24, 2.45) is 0 Å². The zero-order valence-corrected chi connectivity index (χ0v) is 9.11. The van der Waals surface area contributed by atoms with Gasteiger partial charge in [0.05, 0.1) is 21.1 Å². The SMILES string of the molecule is O=c1[nH]c2cc(Cl)c(Cl)c(NO)c2[nH]c1=O. The molecule has 2 rings (SSSR count). The third-order valence-electron chi connectivity index (χ3n) is 2.02. The third kappa shape index (κ3) is 1.57. The van der Waals surface area contributed by atoms with Crippen LogP contribution in [0.1, 0.15) is 0 Å². The highest BCUT2D eigenvalue weighted by atomic mass is 35.5. The van der Waals surface area contributed by atoms with Crippen LogP contribution >= 0.6 is 23.2 Å². The predicted octanol–water partition coefficient (Wildman–Crippen LogP) is 1.32. The number of benzene rings is 1. The molecule has 0 saturated heterocycles. The number of hydrogen-bond donors (Lipinski definition) is 4. The highest BCUT2D eigenvalue weighted by molar-refractivity contribution is 6.45. The van der Waals surface area contributed by atoms with E-state index in [1.165, 1.54) is 6.07 Å². The van der Waals surface area contributed by atoms with Gasteiger partial charge < -0.3 is 9.97 Å². The van der Waals surface area contributed by atoms with Crippen molar-refractivity contribution in [3.8, 4) is 0 Å². The van der Waals surface area contributed by atoms with Crippen molar-refractivity contribution in [3.63, 3.8) is 0 Å². The van der Waals surface area contributed by atoms with Gasteiger partial charge in [-0.2, -0.15) is 0 Å². The molecular weight excluding hydrogens is 257 g/mol. The lowest BCUT2D eigenvalue weighted by Gasteiger charge is -2.07. The number of rotatable bonds is 1. The van der Waals surface area contributed by atoms with Crippen molar-refractivity contribution >= 4 is 39.9 Å². The number of hydrogen-bond acceptors (Lipinski definition) is 4. The summed E-state index contributed by atoms with van der Waals surface area (Å²) in [5, 5.41) is 9.07. The number of H-pyrrole nitrogens is 2. The molecule has 1 heterocycles. The van der Waals surface area contributed by atoms with E-state index in [1.54, 1.807) is 0 Å². The van der Waals surface area contributed by atoms with Crippen molar-refractivity contribution in [1.82, 2.24) is 9.97 Å². The summed E-state index contributed by atoms with van der Waals surface area (Å²) in [6.45, 7) is 0. The summed E-state index contributed by atoms with van der Waals surface area (Å²) in [7, 11) is 0. The number of anilines is 1. The summed E-state index contributed by atoms with van der Waals surface area (Å²) in [5.41, 5.74) is 0.615. The highest BCUT2D eigenvalue weighted by Crippen LogP contribution is 2.34. The first-order valence-electron chi connectivity index (χ1n) is 4.09. The first-order valence-corrected chi connectivity index (χ1v) is 4.84. The largest absolute Gasteiger partial charge is 0.316 e. The summed E-state index contributed by atoms with van der Waals surface area (Å²) < 4.78 is 0. The highest BCUT2D eigenvalue weighted by Gasteiger charge is 2.12. The van der Waals surface area contributed by atoms with Crippen molar-refractivity contribution < 1.29 is 5.21 Å². The van der Waals surface area contributed by atoms with E-state index < -0.39 is 11.1 Å². The minimum atomic E-state index is -0.845. The Bertz CT molecular complexity index is 677. The standard InChI is InChI=1S/C8H5Cl2N3O3/c9-2-1-3-5(6(13-16)4(2)10)12-8(15)7(14)11-3/h1,13,16H,(H,11,14)(H,12,15). The molecule has 0 fully saturated rings. The van der Waals surface area contributed by atoms with Crippen LogP contribution in [0, 0.1) is 0 Å². The molecule has 0 aliphatic rings. The second kappa shape index (κ2) is 3.82. The molecule has 0 aliphatic heterocycles. The molecule has 0 unspecified atom stereocenters. The van der Waals surface area contributed by atoms with Gasteiger partial charge in [0.15, 0.2) is 0 Å². The summed E-state index contributed by atoms with van der Waals surface area (Å²) in [5.74, 6) is 0. The Morgan fingerprint density at radius 2 is 1.81 bits per heavy atom. The van der Waals surface area contributed by atoms with Crippen LogP contribution in [0.15, 0.2) is 15.7 Å². The van der Waals surface area contributed by atoms with Crippen LogP contribution in [0.2, 0.25) is 10.0 Å². The van der Waals surface area contributed by atoms with Crippen LogP contribution < -0.4 is 16.6 Å². The molecule has 6 nitrogen and oxygen atoms in total. The minimum Gasteiger partial charge on any atom is -0.316 e. The molecule has 0 amide bonds. The fraction of sp³-hybridized carbons (Fsp3) is 0. The van der Waals surface area contributed by atoms with Gasteiger partial charge in [0.25, 0.3) is 0 Å². The van der Waals surface area contributed by atoms with Gasteiger partial charge in [-0.1, -0.05) is 23.2 Å². The molecule has 0 atom stereocenters. The maximum Gasteiger partial charge on any atom is 0.314 e. The Morgan fingerprint density at radius 3 is 2.44 bits per heavy atom. The second-order valence-corrected chi connectivity index (χ2v) is 3.78. The smallest absolute Gasteiger partial charge is 0.314 e. The van der Waals surface area contributed by atoms with Gasteiger partial charge in [0.2, 0.25) is 0 Å². The van der Waals surface area contributed by atoms with Gasteiger partial charge in [-0.25, -0.2) is 0 Å². The van der Waals surface area contributed by atoms with Crippen LogP contribution in [0.5, 0.6) is 0 Å². The number of halogens is 2. The molecule has 4 N–H and O–H groups in total. The first-order chi connectivity index (χ1) is 7.54. The lowest BCUT2D eigenvalue weighted by Crippen LogP contribution is -2.29. The van der Waals surface area contributed by atoms with Gasteiger partial charge in [0, 0.05) is 0 Å². The Hall–Kier alpha value is -1.50. The number of aromatic nitrogens is 2. The monoisotopic (exact) mass is 261 g/mol. The Kier molecular flexibility index (Phi) is 2.63. The van der Waals surface area contributed by atoms with Crippen LogP contribution in [0.3, 0.4) is 0 Å². The number of aromatic amines is 2. The molecule has 1 aromatic carbocycles. The van der Waals surface area contributed by atoms with E-state index in [2.05, 4.69) is 9.97 Å². The average molecular weight is 262 g/mol. The van der Waals surface area contributed by atoms with Gasteiger partial charge >= 0.3 is 11.1 Å². The maximum atomic E-state index is 11.1. The van der Waals surface area contributed by atoms with E-state index in [-0.39, 0.29) is 26.8 Å². The van der Waals surface area contributed by atoms with E-state index in [0.29, 0.717) is 0 Å². The molecule has 84 valence electrons. The Labute approximate surface area is 97.8 Å². The number of nitrogens with one attached hydrogen (secondary N) is 3. The molecule has 2 aromatic rings. The minimum absolute atomic E-state index is 0.0255. The fourth-order valence-electron chi connectivity index (χ4n) is 1.31. The summed E-state index contributed by atoms with van der Waals surface area (Å²) >= 11 is 11.6. The quantitative estimate of drug-likeness (QED) is 0.460. The maximum absolute atomic E-state index is 11.1. The zero-order chi connectivity index (χ0) is 11.9. The summed E-state index contributed by atoms with van der Waals surface area (Å²) in [6, 6.07) is 1.37. The molecule has 0 bridgehead atoms. The van der Waals surface area contributed by atoms with Crippen LogP contribution in [0.4, 0.5) is 5.69 Å². The van der Waals surface area contributed by atoms with Crippen LogP contribution in [0.25, 0.3) is 11.0 Å². The molecule has 8 heteroatoms. The average Bonchev–Trinajstić information content (AvgIpc) is 2.24. The predicted molar refractivity (Wildman–Crippen MR) is 60.6 cm³/mol. The van der Waals surface area contributed by atoms with Gasteiger partial charge in [0.1, 0.15) is 5.69 Å². The molecule has 1 aromatic heterocycles. The topological polar surface area (TPSA) is 98.0 Å². The molecule has 16 heavy (non-hydrogen) atoms. The van der Waals surface area contributed by atoms with E-state index in [0.717, 1.165) is 0 Å². The lowest BCUT2D eigenvalue weighted by molar-refractivity contribution is 0.389. The van der Waals surface area contributed by atoms with Crippen molar-refractivity contribution in [2.75, 3.05) is 5.48 Å². The van der Waals surface area contributed by atoms with E-state index in [4.69, 9.17) is 28.4 Å². The zero-order valence-electron chi connectivity index (χ0n) is 7.60. The third-order valence-corrected chi connectivity index (χ3v) is 2.81. The fourth-order valence-corrected chi connectivity index (χ4v) is 1.70. The van der Waals surface area contributed by atoms with E-state index in [1.807, 2.05) is 5.48 Å². The Balaban J connectivity index is 3.03. The van der Waals surface area contributed by atoms with E-state index in [9.17, 15) is 9.59 Å².